The molecule has 0 fully saturated rings. The highest BCUT2D eigenvalue weighted by Crippen LogP contribution is 2.20. The number of rotatable bonds is 6. The predicted molar refractivity (Wildman–Crippen MR) is 94.4 cm³/mol. The Hall–Kier alpha value is -2.14. The van der Waals surface area contributed by atoms with Crippen LogP contribution in [0.25, 0.3) is 0 Å². The normalized spacial score (nSPS) is 10.4. The zero-order valence-electron chi connectivity index (χ0n) is 13.6. The third-order valence-electron chi connectivity index (χ3n) is 3.50. The van der Waals surface area contributed by atoms with Gasteiger partial charge >= 0.3 is 0 Å². The van der Waals surface area contributed by atoms with Crippen LogP contribution in [0.3, 0.4) is 0 Å². The first-order valence-corrected chi connectivity index (χ1v) is 8.00. The summed E-state index contributed by atoms with van der Waals surface area (Å²) in [6.07, 6.45) is 3.76. The summed E-state index contributed by atoms with van der Waals surface area (Å²) >= 11 is 5.93. The molecule has 1 aromatic heterocycles. The van der Waals surface area contributed by atoms with Crippen LogP contribution in [0.1, 0.15) is 35.8 Å². The molecule has 0 aliphatic carbocycles. The van der Waals surface area contributed by atoms with Gasteiger partial charge in [0, 0.05) is 30.5 Å². The number of benzene rings is 1. The SMILES string of the molecule is CCCCN(C)c1nccc(C(=O)Nc2ccc(Cl)cc2C)n1. The van der Waals surface area contributed by atoms with Gasteiger partial charge in [-0.15, -0.1) is 0 Å². The minimum absolute atomic E-state index is 0.261. The number of nitrogens with zero attached hydrogens (tertiary/aromatic N) is 3. The van der Waals surface area contributed by atoms with Gasteiger partial charge in [-0.1, -0.05) is 24.9 Å². The lowest BCUT2D eigenvalue weighted by atomic mass is 10.2. The van der Waals surface area contributed by atoms with E-state index in [1.807, 2.05) is 18.9 Å². The van der Waals surface area contributed by atoms with E-state index in [4.69, 9.17) is 11.6 Å². The Morgan fingerprint density at radius 3 is 2.83 bits per heavy atom. The summed E-state index contributed by atoms with van der Waals surface area (Å²) in [5.41, 5.74) is 1.96. The van der Waals surface area contributed by atoms with Gasteiger partial charge in [0.25, 0.3) is 5.91 Å². The topological polar surface area (TPSA) is 58.1 Å². The molecule has 6 heteroatoms. The molecule has 0 radical (unpaired) electrons. The molecule has 0 spiro atoms. The first-order valence-electron chi connectivity index (χ1n) is 7.63. The molecular formula is C17H21ClN4O. The Morgan fingerprint density at radius 1 is 1.35 bits per heavy atom. The summed E-state index contributed by atoms with van der Waals surface area (Å²) in [7, 11) is 1.93. The van der Waals surface area contributed by atoms with Gasteiger partial charge in [-0.25, -0.2) is 9.97 Å². The largest absolute Gasteiger partial charge is 0.344 e. The molecule has 0 bridgehead atoms. The van der Waals surface area contributed by atoms with Crippen molar-refractivity contribution in [2.45, 2.75) is 26.7 Å². The number of nitrogens with one attached hydrogen (secondary N) is 1. The van der Waals surface area contributed by atoms with Gasteiger partial charge in [0.15, 0.2) is 0 Å². The van der Waals surface area contributed by atoms with Crippen LogP contribution in [-0.4, -0.2) is 29.5 Å². The van der Waals surface area contributed by atoms with Crippen LogP contribution in [0.4, 0.5) is 11.6 Å². The summed E-state index contributed by atoms with van der Waals surface area (Å²) < 4.78 is 0. The van der Waals surface area contributed by atoms with Gasteiger partial charge in [0.05, 0.1) is 0 Å². The number of aromatic nitrogens is 2. The number of unbranched alkanes of at least 4 members (excludes halogenated alkanes) is 1. The van der Waals surface area contributed by atoms with E-state index in [1.165, 1.54) is 0 Å². The quantitative estimate of drug-likeness (QED) is 0.870. The average molecular weight is 333 g/mol. The Labute approximate surface area is 141 Å². The second kappa shape index (κ2) is 7.92. The molecule has 0 aliphatic heterocycles. The van der Waals surface area contributed by atoms with Gasteiger partial charge < -0.3 is 10.2 Å². The van der Waals surface area contributed by atoms with Gasteiger partial charge in [-0.05, 0) is 43.2 Å². The van der Waals surface area contributed by atoms with Crippen molar-refractivity contribution in [3.8, 4) is 0 Å². The maximum atomic E-state index is 12.4. The molecule has 0 saturated heterocycles. The molecule has 1 N–H and O–H groups in total. The Bertz CT molecular complexity index is 690. The molecule has 122 valence electrons. The first kappa shape index (κ1) is 17.2. The molecule has 1 amide bonds. The number of hydrogen-bond acceptors (Lipinski definition) is 4. The number of amides is 1. The maximum absolute atomic E-state index is 12.4. The van der Waals surface area contributed by atoms with E-state index in [9.17, 15) is 4.79 Å². The lowest BCUT2D eigenvalue weighted by molar-refractivity contribution is 0.102. The van der Waals surface area contributed by atoms with Crippen LogP contribution in [0.5, 0.6) is 0 Å². The lowest BCUT2D eigenvalue weighted by Crippen LogP contribution is -2.23. The Morgan fingerprint density at radius 2 is 2.13 bits per heavy atom. The van der Waals surface area contributed by atoms with Crippen molar-refractivity contribution in [2.24, 2.45) is 0 Å². The highest BCUT2D eigenvalue weighted by Gasteiger charge is 2.12. The third kappa shape index (κ3) is 4.66. The molecule has 0 atom stereocenters. The maximum Gasteiger partial charge on any atom is 0.274 e. The van der Waals surface area contributed by atoms with Crippen molar-refractivity contribution in [1.82, 2.24) is 9.97 Å². The number of halogens is 1. The molecule has 0 aliphatic rings. The zero-order valence-corrected chi connectivity index (χ0v) is 14.4. The predicted octanol–water partition coefficient (Wildman–Crippen LogP) is 3.93. The van der Waals surface area contributed by atoms with Crippen molar-refractivity contribution in [3.05, 3.63) is 46.7 Å². The van der Waals surface area contributed by atoms with E-state index in [-0.39, 0.29) is 5.91 Å². The third-order valence-corrected chi connectivity index (χ3v) is 3.74. The average Bonchev–Trinajstić information content (AvgIpc) is 2.55. The molecular weight excluding hydrogens is 312 g/mol. The molecule has 0 saturated carbocycles. The van der Waals surface area contributed by atoms with Gasteiger partial charge in [-0.3, -0.25) is 4.79 Å². The summed E-state index contributed by atoms with van der Waals surface area (Å²) in [4.78, 5) is 22.9. The monoisotopic (exact) mass is 332 g/mol. The lowest BCUT2D eigenvalue weighted by Gasteiger charge is -2.16. The van der Waals surface area contributed by atoms with Crippen molar-refractivity contribution >= 4 is 29.1 Å². The second-order valence-corrected chi connectivity index (χ2v) is 5.87. The van der Waals surface area contributed by atoms with Crippen LogP contribution in [0.2, 0.25) is 5.02 Å². The molecule has 2 aromatic rings. The van der Waals surface area contributed by atoms with Crippen molar-refractivity contribution in [2.75, 3.05) is 23.8 Å². The fourth-order valence-corrected chi connectivity index (χ4v) is 2.33. The fraction of sp³-hybridized carbons (Fsp3) is 0.353. The van der Waals surface area contributed by atoms with Crippen LogP contribution in [0, 0.1) is 6.92 Å². The van der Waals surface area contributed by atoms with Crippen molar-refractivity contribution in [1.29, 1.82) is 0 Å². The van der Waals surface area contributed by atoms with Gasteiger partial charge in [0.2, 0.25) is 5.95 Å². The van der Waals surface area contributed by atoms with E-state index >= 15 is 0 Å². The summed E-state index contributed by atoms with van der Waals surface area (Å²) in [6.45, 7) is 4.89. The number of aryl methyl sites for hydroxylation is 1. The van der Waals surface area contributed by atoms with E-state index in [2.05, 4.69) is 22.2 Å². The highest BCUT2D eigenvalue weighted by atomic mass is 35.5. The zero-order chi connectivity index (χ0) is 16.8. The van der Waals surface area contributed by atoms with E-state index < -0.39 is 0 Å². The van der Waals surface area contributed by atoms with Crippen LogP contribution < -0.4 is 10.2 Å². The van der Waals surface area contributed by atoms with Gasteiger partial charge in [0.1, 0.15) is 5.69 Å². The van der Waals surface area contributed by atoms with Crippen molar-refractivity contribution < 1.29 is 4.79 Å². The second-order valence-electron chi connectivity index (χ2n) is 5.43. The summed E-state index contributed by atoms with van der Waals surface area (Å²) in [5, 5.41) is 3.50. The summed E-state index contributed by atoms with van der Waals surface area (Å²) in [5.74, 6) is 0.293. The minimum atomic E-state index is -0.261. The van der Waals surface area contributed by atoms with E-state index in [1.54, 1.807) is 30.5 Å². The number of carbonyl (C=O) groups is 1. The Balaban J connectivity index is 2.13. The standard InChI is InChI=1S/C17H21ClN4O/c1-4-5-10-22(3)17-19-9-8-15(21-17)16(23)20-14-7-6-13(18)11-12(14)2/h6-9,11H,4-5,10H2,1-3H3,(H,20,23). The molecule has 1 heterocycles. The number of carbonyl (C=O) groups excluding carboxylic acids is 1. The van der Waals surface area contributed by atoms with Crippen LogP contribution in [-0.2, 0) is 0 Å². The van der Waals surface area contributed by atoms with Gasteiger partial charge in [-0.2, -0.15) is 0 Å². The van der Waals surface area contributed by atoms with Crippen LogP contribution >= 0.6 is 11.6 Å². The highest BCUT2D eigenvalue weighted by molar-refractivity contribution is 6.30. The minimum Gasteiger partial charge on any atom is -0.344 e. The number of hydrogen-bond donors (Lipinski definition) is 1. The smallest absolute Gasteiger partial charge is 0.274 e. The first-order chi connectivity index (χ1) is 11.0. The van der Waals surface area contributed by atoms with Crippen LogP contribution in [0.15, 0.2) is 30.5 Å². The summed E-state index contributed by atoms with van der Waals surface area (Å²) in [6, 6.07) is 6.94. The molecule has 5 nitrogen and oxygen atoms in total. The molecule has 2 rings (SSSR count). The molecule has 23 heavy (non-hydrogen) atoms. The number of anilines is 2. The fourth-order valence-electron chi connectivity index (χ4n) is 2.11. The van der Waals surface area contributed by atoms with E-state index in [0.717, 1.165) is 30.6 Å². The van der Waals surface area contributed by atoms with Crippen molar-refractivity contribution in [3.63, 3.8) is 0 Å². The molecule has 1 aromatic carbocycles. The Kier molecular flexibility index (Phi) is 5.93. The van der Waals surface area contributed by atoms with E-state index in [0.29, 0.717) is 16.7 Å². The molecule has 0 unspecified atom stereocenters.